The molecule has 0 saturated carbocycles. The van der Waals surface area contributed by atoms with Gasteiger partial charge in [-0.25, -0.2) is 4.99 Å². The number of hydrogen-bond acceptors (Lipinski definition) is 5. The summed E-state index contributed by atoms with van der Waals surface area (Å²) in [6.45, 7) is 4.74. The molecule has 1 aromatic rings. The second-order valence-corrected chi connectivity index (χ2v) is 8.35. The summed E-state index contributed by atoms with van der Waals surface area (Å²) in [5.41, 5.74) is 0. The second-order valence-electron chi connectivity index (χ2n) is 7.18. The highest BCUT2D eigenvalue weighted by molar-refractivity contribution is 14.0. The number of nitrogens with one attached hydrogen (secondary N) is 1. The molecule has 1 heterocycles. The topological polar surface area (TPSA) is 66.4 Å². The Kier molecular flexibility index (Phi) is 14.1. The van der Waals surface area contributed by atoms with Crippen LogP contribution in [0.1, 0.15) is 6.42 Å². The molecule has 9 heteroatoms. The van der Waals surface area contributed by atoms with Crippen molar-refractivity contribution in [2.24, 2.45) is 10.9 Å². The van der Waals surface area contributed by atoms with E-state index in [1.807, 2.05) is 17.8 Å². The number of thioether (sulfide) groups is 1. The molecular weight excluding hydrogens is 515 g/mol. The van der Waals surface area contributed by atoms with E-state index < -0.39 is 0 Å². The number of nitrogens with zero attached hydrogens (tertiary/aromatic N) is 3. The summed E-state index contributed by atoms with van der Waals surface area (Å²) in [7, 11) is 5.19. The van der Waals surface area contributed by atoms with Crippen LogP contribution < -0.4 is 5.32 Å². The SMILES string of the molecule is COCCOCC1CCN(C(=NCC(=O)N(C)C)NCCSc2ccccc2)C1.I. The van der Waals surface area contributed by atoms with Crippen LogP contribution in [0.4, 0.5) is 0 Å². The first-order chi connectivity index (χ1) is 14.1. The van der Waals surface area contributed by atoms with Gasteiger partial charge in [0.2, 0.25) is 5.91 Å². The quantitative estimate of drug-likeness (QED) is 0.150. The zero-order valence-corrected chi connectivity index (χ0v) is 21.4. The van der Waals surface area contributed by atoms with Crippen LogP contribution in [0.5, 0.6) is 0 Å². The summed E-state index contributed by atoms with van der Waals surface area (Å²) in [4.78, 5) is 21.6. The average molecular weight is 551 g/mol. The van der Waals surface area contributed by atoms with Gasteiger partial charge in [-0.15, -0.1) is 35.7 Å². The molecule has 1 aliphatic rings. The molecule has 7 nitrogen and oxygen atoms in total. The number of aliphatic imine (C=N–C) groups is 1. The Morgan fingerprint density at radius 1 is 1.30 bits per heavy atom. The van der Waals surface area contributed by atoms with Gasteiger partial charge in [0.15, 0.2) is 5.96 Å². The number of rotatable bonds is 11. The maximum Gasteiger partial charge on any atom is 0.243 e. The van der Waals surface area contributed by atoms with Gasteiger partial charge in [-0.05, 0) is 18.6 Å². The lowest BCUT2D eigenvalue weighted by atomic mass is 10.1. The first kappa shape index (κ1) is 27.0. The minimum atomic E-state index is 0. The lowest BCUT2D eigenvalue weighted by molar-refractivity contribution is -0.127. The predicted molar refractivity (Wildman–Crippen MR) is 134 cm³/mol. The maximum absolute atomic E-state index is 12.0. The summed E-state index contributed by atoms with van der Waals surface area (Å²) in [5, 5.41) is 3.45. The van der Waals surface area contributed by atoms with Crippen molar-refractivity contribution in [2.45, 2.75) is 11.3 Å². The fourth-order valence-electron chi connectivity index (χ4n) is 2.95. The summed E-state index contributed by atoms with van der Waals surface area (Å²) in [5.74, 6) is 2.22. The molecule has 0 radical (unpaired) electrons. The van der Waals surface area contributed by atoms with E-state index in [0.717, 1.165) is 44.4 Å². The Morgan fingerprint density at radius 2 is 2.07 bits per heavy atom. The standard InChI is InChI=1S/C21H34N4O3S.HI/c1-24(2)20(26)15-23-21(22-10-14-29-19-7-5-4-6-8-19)25-11-9-18(16-25)17-28-13-12-27-3;/h4-8,18H,9-17H2,1-3H3,(H,22,23);1H. The number of halogens is 1. The number of carbonyl (C=O) groups excluding carboxylic acids is 1. The van der Waals surface area contributed by atoms with Gasteiger partial charge >= 0.3 is 0 Å². The highest BCUT2D eigenvalue weighted by atomic mass is 127. The van der Waals surface area contributed by atoms with E-state index in [1.54, 1.807) is 26.1 Å². The Bertz CT molecular complexity index is 634. The molecule has 1 fully saturated rings. The van der Waals surface area contributed by atoms with Crippen molar-refractivity contribution < 1.29 is 14.3 Å². The van der Waals surface area contributed by atoms with Crippen LogP contribution >= 0.6 is 35.7 Å². The second kappa shape index (κ2) is 15.7. The number of guanidine groups is 1. The Morgan fingerprint density at radius 3 is 2.77 bits per heavy atom. The van der Waals surface area contributed by atoms with E-state index in [0.29, 0.717) is 19.1 Å². The van der Waals surface area contributed by atoms with E-state index in [2.05, 4.69) is 39.5 Å². The normalized spacial score (nSPS) is 16.3. The van der Waals surface area contributed by atoms with Crippen LogP contribution in [0.3, 0.4) is 0 Å². The zero-order valence-electron chi connectivity index (χ0n) is 18.2. The third kappa shape index (κ3) is 10.3. The minimum Gasteiger partial charge on any atom is -0.382 e. The minimum absolute atomic E-state index is 0. The van der Waals surface area contributed by atoms with Gasteiger partial charge in [0, 0.05) is 57.4 Å². The molecule has 0 bridgehead atoms. The highest BCUT2D eigenvalue weighted by Gasteiger charge is 2.25. The summed E-state index contributed by atoms with van der Waals surface area (Å²) in [6, 6.07) is 10.4. The van der Waals surface area contributed by atoms with Gasteiger partial charge in [0.1, 0.15) is 6.54 Å². The molecule has 0 spiro atoms. The molecule has 1 N–H and O–H groups in total. The lowest BCUT2D eigenvalue weighted by Crippen LogP contribution is -2.42. The van der Waals surface area contributed by atoms with E-state index in [9.17, 15) is 4.79 Å². The van der Waals surface area contributed by atoms with Crippen LogP contribution in [0.2, 0.25) is 0 Å². The van der Waals surface area contributed by atoms with E-state index in [1.165, 1.54) is 4.90 Å². The first-order valence-electron chi connectivity index (χ1n) is 10.1. The maximum atomic E-state index is 12.0. The highest BCUT2D eigenvalue weighted by Crippen LogP contribution is 2.18. The molecule has 0 aliphatic carbocycles. The molecule has 1 atom stereocenters. The van der Waals surface area contributed by atoms with Crippen molar-refractivity contribution in [2.75, 3.05) is 73.0 Å². The van der Waals surface area contributed by atoms with Crippen LogP contribution in [0, 0.1) is 5.92 Å². The average Bonchev–Trinajstić information content (AvgIpc) is 3.20. The number of likely N-dealkylation sites (N-methyl/N-ethyl adjacent to an activating group) is 1. The number of amides is 1. The molecular formula is C21H35IN4O3S. The van der Waals surface area contributed by atoms with Gasteiger partial charge < -0.3 is 24.6 Å². The van der Waals surface area contributed by atoms with Gasteiger partial charge in [0.25, 0.3) is 0 Å². The van der Waals surface area contributed by atoms with Crippen molar-refractivity contribution in [3.05, 3.63) is 30.3 Å². The van der Waals surface area contributed by atoms with Gasteiger partial charge in [-0.2, -0.15) is 0 Å². The fourth-order valence-corrected chi connectivity index (χ4v) is 3.74. The van der Waals surface area contributed by atoms with Crippen molar-refractivity contribution in [1.29, 1.82) is 0 Å². The van der Waals surface area contributed by atoms with Crippen LogP contribution in [0.25, 0.3) is 0 Å². The Hall–Kier alpha value is -1.04. The number of hydrogen-bond donors (Lipinski definition) is 1. The van der Waals surface area contributed by atoms with Gasteiger partial charge in [-0.1, -0.05) is 18.2 Å². The Labute approximate surface area is 202 Å². The third-order valence-electron chi connectivity index (χ3n) is 4.63. The smallest absolute Gasteiger partial charge is 0.243 e. The van der Waals surface area contributed by atoms with Gasteiger partial charge in [-0.3, -0.25) is 4.79 Å². The largest absolute Gasteiger partial charge is 0.382 e. The van der Waals surface area contributed by atoms with Gasteiger partial charge in [0.05, 0.1) is 19.8 Å². The lowest BCUT2D eigenvalue weighted by Gasteiger charge is -2.22. The van der Waals surface area contributed by atoms with Crippen molar-refractivity contribution in [1.82, 2.24) is 15.1 Å². The summed E-state index contributed by atoms with van der Waals surface area (Å²) in [6.07, 6.45) is 1.06. The van der Waals surface area contributed by atoms with Crippen LogP contribution in [-0.2, 0) is 14.3 Å². The summed E-state index contributed by atoms with van der Waals surface area (Å²) < 4.78 is 10.7. The number of carbonyl (C=O) groups is 1. The van der Waals surface area contributed by atoms with Crippen LogP contribution in [0.15, 0.2) is 40.2 Å². The fraction of sp³-hybridized carbons (Fsp3) is 0.619. The molecule has 30 heavy (non-hydrogen) atoms. The van der Waals surface area contributed by atoms with E-state index in [4.69, 9.17) is 9.47 Å². The van der Waals surface area contributed by atoms with Crippen molar-refractivity contribution in [3.8, 4) is 0 Å². The third-order valence-corrected chi connectivity index (χ3v) is 5.64. The molecule has 1 aromatic carbocycles. The molecule has 170 valence electrons. The van der Waals surface area contributed by atoms with Crippen molar-refractivity contribution in [3.63, 3.8) is 0 Å². The van der Waals surface area contributed by atoms with Crippen LogP contribution in [-0.4, -0.2) is 94.6 Å². The van der Waals surface area contributed by atoms with E-state index >= 15 is 0 Å². The zero-order chi connectivity index (χ0) is 20.9. The Balaban J connectivity index is 0.00000450. The summed E-state index contributed by atoms with van der Waals surface area (Å²) >= 11 is 1.81. The van der Waals surface area contributed by atoms with E-state index in [-0.39, 0.29) is 36.4 Å². The molecule has 1 unspecified atom stereocenters. The molecule has 2 rings (SSSR count). The molecule has 1 amide bonds. The monoisotopic (exact) mass is 550 g/mol. The number of methoxy groups -OCH3 is 1. The predicted octanol–water partition coefficient (Wildman–Crippen LogP) is 2.42. The molecule has 1 aliphatic heterocycles. The number of likely N-dealkylation sites (tertiary alicyclic amines) is 1. The van der Waals surface area contributed by atoms with Crippen molar-refractivity contribution >= 4 is 47.6 Å². The number of ether oxygens (including phenoxy) is 2. The molecule has 1 saturated heterocycles. The first-order valence-corrected chi connectivity index (χ1v) is 11.1. The number of benzene rings is 1. The molecule has 0 aromatic heterocycles.